The van der Waals surface area contributed by atoms with Crippen LogP contribution in [0.2, 0.25) is 10.0 Å². The average Bonchev–Trinajstić information content (AvgIpc) is 2.47. The number of hydrogen-bond donors (Lipinski definition) is 1. The molecule has 23 heavy (non-hydrogen) atoms. The lowest BCUT2D eigenvalue weighted by Crippen LogP contribution is -2.48. The molecule has 1 fully saturated rings. The van der Waals surface area contributed by atoms with Crippen LogP contribution in [0.1, 0.15) is 12.8 Å². The third-order valence-electron chi connectivity index (χ3n) is 3.71. The lowest BCUT2D eigenvalue weighted by molar-refractivity contribution is -0.137. The molecule has 1 aliphatic heterocycles. The first-order valence-electron chi connectivity index (χ1n) is 7.20. The summed E-state index contributed by atoms with van der Waals surface area (Å²) in [7, 11) is -3.73. The Bertz CT molecular complexity index is 653. The summed E-state index contributed by atoms with van der Waals surface area (Å²) >= 11 is 12.0. The molecule has 0 aliphatic carbocycles. The Hall–Kier alpha value is -0.860. The number of carboxylic acid groups (broad SMARTS) is 1. The maximum Gasteiger partial charge on any atom is 0.303 e. The van der Waals surface area contributed by atoms with Crippen molar-refractivity contribution in [2.24, 2.45) is 0 Å². The summed E-state index contributed by atoms with van der Waals surface area (Å²) in [5.74, 6) is -0.820. The van der Waals surface area contributed by atoms with E-state index in [4.69, 9.17) is 28.3 Å². The van der Waals surface area contributed by atoms with Crippen LogP contribution in [0.5, 0.6) is 0 Å². The van der Waals surface area contributed by atoms with Crippen molar-refractivity contribution in [3.63, 3.8) is 0 Å². The molecule has 0 atom stereocenters. The first kappa shape index (κ1) is 18.5. The molecule has 1 heterocycles. The van der Waals surface area contributed by atoms with Crippen molar-refractivity contribution in [3.05, 3.63) is 28.2 Å². The Labute approximate surface area is 145 Å². The van der Waals surface area contributed by atoms with E-state index in [1.807, 2.05) is 0 Å². The monoisotopic (exact) mass is 380 g/mol. The molecule has 1 N–H and O–H groups in total. The van der Waals surface area contributed by atoms with Gasteiger partial charge in [0.2, 0.25) is 10.0 Å². The fraction of sp³-hybridized carbons (Fsp3) is 0.500. The minimum absolute atomic E-state index is 0.0531. The standard InChI is InChI=1S/C14H18Cl2N2O4S/c15-11-3-1-4-12(16)14(11)23(21,22)18-9-7-17(8-10-18)6-2-5-13(19)20/h1,3-4H,2,5-10H2,(H,19,20). The molecule has 0 unspecified atom stereocenters. The van der Waals surface area contributed by atoms with Gasteiger partial charge < -0.3 is 10.0 Å². The maximum absolute atomic E-state index is 12.7. The van der Waals surface area contributed by atoms with Gasteiger partial charge in [-0.25, -0.2) is 8.42 Å². The first-order valence-corrected chi connectivity index (χ1v) is 9.40. The number of nitrogens with zero attached hydrogens (tertiary/aromatic N) is 2. The van der Waals surface area contributed by atoms with E-state index in [1.54, 1.807) is 6.07 Å². The molecule has 0 radical (unpaired) electrons. The van der Waals surface area contributed by atoms with E-state index in [0.29, 0.717) is 39.1 Å². The van der Waals surface area contributed by atoms with E-state index in [2.05, 4.69) is 4.90 Å². The predicted molar refractivity (Wildman–Crippen MR) is 88.5 cm³/mol. The van der Waals surface area contributed by atoms with Crippen LogP contribution in [0.4, 0.5) is 0 Å². The Kier molecular flexibility index (Phi) is 6.27. The lowest BCUT2D eigenvalue weighted by atomic mass is 10.2. The molecule has 2 rings (SSSR count). The van der Waals surface area contributed by atoms with E-state index in [-0.39, 0.29) is 21.4 Å². The van der Waals surface area contributed by atoms with Crippen LogP contribution in [-0.4, -0.2) is 61.4 Å². The summed E-state index contributed by atoms with van der Waals surface area (Å²) in [6, 6.07) is 4.61. The molecule has 1 saturated heterocycles. The number of benzene rings is 1. The highest BCUT2D eigenvalue weighted by Gasteiger charge is 2.31. The van der Waals surface area contributed by atoms with Crippen LogP contribution in [-0.2, 0) is 14.8 Å². The van der Waals surface area contributed by atoms with E-state index in [1.165, 1.54) is 16.4 Å². The van der Waals surface area contributed by atoms with Crippen molar-refractivity contribution >= 4 is 39.2 Å². The van der Waals surface area contributed by atoms with Crippen molar-refractivity contribution in [2.75, 3.05) is 32.7 Å². The minimum atomic E-state index is -3.73. The topological polar surface area (TPSA) is 77.9 Å². The van der Waals surface area contributed by atoms with Crippen molar-refractivity contribution in [1.29, 1.82) is 0 Å². The summed E-state index contributed by atoms with van der Waals surface area (Å²) in [5.41, 5.74) is 0. The van der Waals surface area contributed by atoms with Crippen LogP contribution in [0, 0.1) is 0 Å². The van der Waals surface area contributed by atoms with Gasteiger partial charge in [0.15, 0.2) is 0 Å². The highest BCUT2D eigenvalue weighted by Crippen LogP contribution is 2.31. The molecule has 0 spiro atoms. The van der Waals surface area contributed by atoms with E-state index in [0.717, 1.165) is 0 Å². The van der Waals surface area contributed by atoms with Gasteiger partial charge in [-0.05, 0) is 25.1 Å². The Morgan fingerprint density at radius 2 is 1.70 bits per heavy atom. The first-order chi connectivity index (χ1) is 10.8. The molecule has 0 saturated carbocycles. The molecule has 0 aromatic heterocycles. The number of halogens is 2. The second-order valence-corrected chi connectivity index (χ2v) is 7.98. The lowest BCUT2D eigenvalue weighted by Gasteiger charge is -2.34. The molecule has 0 amide bonds. The van der Waals surface area contributed by atoms with E-state index < -0.39 is 16.0 Å². The molecular weight excluding hydrogens is 363 g/mol. The number of rotatable bonds is 6. The zero-order valence-corrected chi connectivity index (χ0v) is 14.7. The van der Waals surface area contributed by atoms with Gasteiger partial charge in [0.05, 0.1) is 10.0 Å². The number of sulfonamides is 1. The van der Waals surface area contributed by atoms with Gasteiger partial charge in [0, 0.05) is 32.6 Å². The number of hydrogen-bond acceptors (Lipinski definition) is 4. The van der Waals surface area contributed by atoms with Gasteiger partial charge in [-0.3, -0.25) is 4.79 Å². The number of carbonyl (C=O) groups is 1. The van der Waals surface area contributed by atoms with Crippen LogP contribution in [0.3, 0.4) is 0 Å². The molecule has 1 aromatic carbocycles. The van der Waals surface area contributed by atoms with Gasteiger partial charge in [-0.2, -0.15) is 4.31 Å². The number of aliphatic carboxylic acids is 1. The van der Waals surface area contributed by atoms with Crippen molar-refractivity contribution in [1.82, 2.24) is 9.21 Å². The maximum atomic E-state index is 12.7. The molecule has 128 valence electrons. The summed E-state index contributed by atoms with van der Waals surface area (Å²) in [6.45, 7) is 2.42. The average molecular weight is 381 g/mol. The summed E-state index contributed by atoms with van der Waals surface area (Å²) in [5, 5.41) is 8.86. The van der Waals surface area contributed by atoms with Gasteiger partial charge in [0.1, 0.15) is 4.90 Å². The molecule has 1 aromatic rings. The Morgan fingerprint density at radius 1 is 1.13 bits per heavy atom. The Balaban J connectivity index is 2.00. The van der Waals surface area contributed by atoms with Crippen molar-refractivity contribution in [2.45, 2.75) is 17.7 Å². The quantitative estimate of drug-likeness (QED) is 0.817. The summed E-state index contributed by atoms with van der Waals surface area (Å²) in [4.78, 5) is 12.5. The summed E-state index contributed by atoms with van der Waals surface area (Å²) < 4.78 is 26.8. The molecule has 0 bridgehead atoms. The van der Waals surface area contributed by atoms with Crippen LogP contribution in [0.15, 0.2) is 23.1 Å². The highest BCUT2D eigenvalue weighted by atomic mass is 35.5. The second kappa shape index (κ2) is 7.81. The van der Waals surface area contributed by atoms with E-state index >= 15 is 0 Å². The van der Waals surface area contributed by atoms with Crippen LogP contribution < -0.4 is 0 Å². The number of piperazine rings is 1. The molecule has 1 aliphatic rings. The smallest absolute Gasteiger partial charge is 0.303 e. The number of carboxylic acids is 1. The largest absolute Gasteiger partial charge is 0.481 e. The van der Waals surface area contributed by atoms with Gasteiger partial charge in [0.25, 0.3) is 0 Å². The van der Waals surface area contributed by atoms with Gasteiger partial charge in [-0.1, -0.05) is 29.3 Å². The second-order valence-electron chi connectivity index (χ2n) is 5.29. The fourth-order valence-electron chi connectivity index (χ4n) is 2.51. The zero-order chi connectivity index (χ0) is 17.0. The highest BCUT2D eigenvalue weighted by molar-refractivity contribution is 7.89. The third kappa shape index (κ3) is 4.58. The van der Waals surface area contributed by atoms with Crippen molar-refractivity contribution < 1.29 is 18.3 Å². The third-order valence-corrected chi connectivity index (χ3v) is 6.57. The normalized spacial score (nSPS) is 17.3. The van der Waals surface area contributed by atoms with Crippen LogP contribution >= 0.6 is 23.2 Å². The van der Waals surface area contributed by atoms with E-state index in [9.17, 15) is 13.2 Å². The molecular formula is C14H18Cl2N2O4S. The van der Waals surface area contributed by atoms with Crippen LogP contribution in [0.25, 0.3) is 0 Å². The predicted octanol–water partition coefficient (Wildman–Crippen LogP) is 2.16. The Morgan fingerprint density at radius 3 is 2.22 bits per heavy atom. The zero-order valence-electron chi connectivity index (χ0n) is 12.4. The van der Waals surface area contributed by atoms with Gasteiger partial charge in [-0.15, -0.1) is 0 Å². The van der Waals surface area contributed by atoms with Gasteiger partial charge >= 0.3 is 5.97 Å². The summed E-state index contributed by atoms with van der Waals surface area (Å²) in [6.07, 6.45) is 0.673. The van der Waals surface area contributed by atoms with Crippen molar-refractivity contribution in [3.8, 4) is 0 Å². The SMILES string of the molecule is O=C(O)CCCN1CCN(S(=O)(=O)c2c(Cl)cccc2Cl)CC1. The molecule has 9 heteroatoms. The molecule has 6 nitrogen and oxygen atoms in total. The minimum Gasteiger partial charge on any atom is -0.481 e. The fourth-order valence-corrected chi connectivity index (χ4v) is 5.02.